The van der Waals surface area contributed by atoms with Crippen LogP contribution in [0.1, 0.15) is 55.7 Å². The third kappa shape index (κ3) is 7.15. The molecule has 0 saturated carbocycles. The maximum atomic E-state index is 13.0. The lowest BCUT2D eigenvalue weighted by atomic mass is 10.2. The molecule has 3 N–H and O–H groups in total. The van der Waals surface area contributed by atoms with E-state index in [1.807, 2.05) is 0 Å². The number of pyridine rings is 1. The molecule has 198 valence electrons. The molecule has 1 atom stereocenters. The first-order valence-electron chi connectivity index (χ1n) is 11.3. The van der Waals surface area contributed by atoms with Gasteiger partial charge >= 0.3 is 6.18 Å². The van der Waals surface area contributed by atoms with Crippen LogP contribution in [0, 0.1) is 0 Å². The van der Waals surface area contributed by atoms with E-state index in [9.17, 15) is 22.8 Å². The lowest BCUT2D eigenvalue weighted by Crippen LogP contribution is -2.26. The fourth-order valence-electron chi connectivity index (χ4n) is 3.61. The summed E-state index contributed by atoms with van der Waals surface area (Å²) in [5.74, 6) is -1.31. The van der Waals surface area contributed by atoms with Crippen LogP contribution in [0.15, 0.2) is 24.7 Å². The summed E-state index contributed by atoms with van der Waals surface area (Å²) in [7, 11) is 0. The van der Waals surface area contributed by atoms with Crippen LogP contribution in [0.25, 0.3) is 0 Å². The first-order valence-corrected chi connectivity index (χ1v) is 13.3. The van der Waals surface area contributed by atoms with Crippen molar-refractivity contribution in [3.63, 3.8) is 0 Å². The van der Waals surface area contributed by atoms with Gasteiger partial charge in [-0.05, 0) is 38.9 Å². The fraction of sp³-hybridized carbons (Fsp3) is 0.409. The molecule has 1 fully saturated rings. The topological polar surface area (TPSA) is 112 Å². The van der Waals surface area contributed by atoms with Crippen LogP contribution in [0.3, 0.4) is 0 Å². The Morgan fingerprint density at radius 3 is 2.51 bits per heavy atom. The number of alkyl halides is 3. The van der Waals surface area contributed by atoms with Gasteiger partial charge in [-0.15, -0.1) is 11.3 Å². The largest absolute Gasteiger partial charge is 0.418 e. The molecule has 1 aliphatic rings. The highest BCUT2D eigenvalue weighted by Crippen LogP contribution is 2.35. The predicted octanol–water partition coefficient (Wildman–Crippen LogP) is 4.92. The Balaban J connectivity index is 1.30. The minimum atomic E-state index is -4.69. The molecular formula is C22H23ClF3N7O2S2. The van der Waals surface area contributed by atoms with Gasteiger partial charge < -0.3 is 20.9 Å². The average molecular weight is 574 g/mol. The second-order valence-electron chi connectivity index (χ2n) is 8.26. The number of halogens is 4. The molecule has 4 heterocycles. The molecule has 15 heteroatoms. The van der Waals surface area contributed by atoms with Crippen LogP contribution in [-0.4, -0.2) is 57.8 Å². The van der Waals surface area contributed by atoms with Crippen molar-refractivity contribution in [1.82, 2.24) is 25.2 Å². The minimum absolute atomic E-state index is 0.142. The summed E-state index contributed by atoms with van der Waals surface area (Å²) in [5.41, 5.74) is -1.10. The number of thiazole rings is 2. The highest BCUT2D eigenvalue weighted by molar-refractivity contribution is 7.17. The van der Waals surface area contributed by atoms with Gasteiger partial charge in [-0.3, -0.25) is 9.59 Å². The van der Waals surface area contributed by atoms with E-state index in [-0.39, 0.29) is 16.6 Å². The van der Waals surface area contributed by atoms with E-state index in [1.165, 1.54) is 36.6 Å². The summed E-state index contributed by atoms with van der Waals surface area (Å²) < 4.78 is 39.1. The van der Waals surface area contributed by atoms with Gasteiger partial charge in [-0.2, -0.15) is 13.2 Å². The van der Waals surface area contributed by atoms with Crippen molar-refractivity contribution in [2.75, 3.05) is 36.8 Å². The minimum Gasteiger partial charge on any atom is -0.360 e. The van der Waals surface area contributed by atoms with Gasteiger partial charge in [-0.25, -0.2) is 15.0 Å². The number of amides is 2. The molecule has 0 bridgehead atoms. The number of hydrogen-bond acceptors (Lipinski definition) is 9. The van der Waals surface area contributed by atoms with Crippen molar-refractivity contribution in [1.29, 1.82) is 0 Å². The van der Waals surface area contributed by atoms with E-state index in [4.69, 9.17) is 11.6 Å². The molecule has 3 aromatic heterocycles. The number of aromatic nitrogens is 3. The van der Waals surface area contributed by atoms with Gasteiger partial charge in [0.1, 0.15) is 20.6 Å². The maximum absolute atomic E-state index is 13.0. The van der Waals surface area contributed by atoms with E-state index in [1.54, 1.807) is 6.92 Å². The number of carbonyl (C=O) groups is 2. The standard InChI is InChI=1S/C22H23ClF3N7O2S2/c1-12(31-18(34)16-11-30-21(37-16)27-4-7-33-5-2-3-6-33)20-29-10-15(36-20)19(35)32-17-8-13(22(24,25)26)14(23)9-28-17/h8-12H,2-7H2,1H3,(H,27,30)(H,31,34)(H,28,32,35)/t12-/m1/s1. The lowest BCUT2D eigenvalue weighted by molar-refractivity contribution is -0.137. The molecule has 37 heavy (non-hydrogen) atoms. The first-order chi connectivity index (χ1) is 17.6. The molecule has 0 aromatic carbocycles. The molecule has 2 amide bonds. The quantitative estimate of drug-likeness (QED) is 0.333. The number of nitrogens with zero attached hydrogens (tertiary/aromatic N) is 4. The van der Waals surface area contributed by atoms with Gasteiger partial charge in [-0.1, -0.05) is 22.9 Å². The van der Waals surface area contributed by atoms with Gasteiger partial charge in [0.2, 0.25) is 0 Å². The Morgan fingerprint density at radius 2 is 1.78 bits per heavy atom. The Labute approximate surface area is 223 Å². The van der Waals surface area contributed by atoms with Crippen molar-refractivity contribution in [2.45, 2.75) is 32.0 Å². The highest BCUT2D eigenvalue weighted by Gasteiger charge is 2.34. The van der Waals surface area contributed by atoms with E-state index in [2.05, 4.69) is 35.8 Å². The van der Waals surface area contributed by atoms with Gasteiger partial charge in [0.05, 0.1) is 29.0 Å². The zero-order chi connectivity index (χ0) is 26.6. The highest BCUT2D eigenvalue weighted by atomic mass is 35.5. The predicted molar refractivity (Wildman–Crippen MR) is 136 cm³/mol. The Bertz CT molecular complexity index is 1260. The Hall–Kier alpha value is -2.81. The molecule has 0 unspecified atom stereocenters. The van der Waals surface area contributed by atoms with Crippen molar-refractivity contribution >= 4 is 57.0 Å². The number of carbonyl (C=O) groups excluding carboxylic acids is 2. The van der Waals surface area contributed by atoms with Crippen LogP contribution in [0.2, 0.25) is 5.02 Å². The van der Waals surface area contributed by atoms with E-state index >= 15 is 0 Å². The molecular weight excluding hydrogens is 551 g/mol. The Kier molecular flexibility index (Phi) is 8.62. The number of anilines is 2. The van der Waals surface area contributed by atoms with E-state index < -0.39 is 28.7 Å². The normalized spacial score (nSPS) is 14.9. The first kappa shape index (κ1) is 27.2. The second-order valence-corrected chi connectivity index (χ2v) is 10.8. The van der Waals surface area contributed by atoms with Gasteiger partial charge in [0, 0.05) is 19.3 Å². The summed E-state index contributed by atoms with van der Waals surface area (Å²) in [6.45, 7) is 5.61. The van der Waals surface area contributed by atoms with Crippen molar-refractivity contribution in [2.24, 2.45) is 0 Å². The molecule has 9 nitrogen and oxygen atoms in total. The van der Waals surface area contributed by atoms with Crippen molar-refractivity contribution in [3.8, 4) is 0 Å². The average Bonchev–Trinajstić information content (AvgIpc) is 3.61. The van der Waals surface area contributed by atoms with Gasteiger partial charge in [0.15, 0.2) is 5.13 Å². The third-order valence-electron chi connectivity index (χ3n) is 5.50. The van der Waals surface area contributed by atoms with Crippen LogP contribution < -0.4 is 16.0 Å². The fourth-order valence-corrected chi connectivity index (χ4v) is 5.38. The molecule has 4 rings (SSSR count). The van der Waals surface area contributed by atoms with E-state index in [0.29, 0.717) is 21.1 Å². The molecule has 0 aliphatic carbocycles. The number of nitrogens with one attached hydrogen (secondary N) is 3. The van der Waals surface area contributed by atoms with Gasteiger partial charge in [0.25, 0.3) is 11.8 Å². The molecule has 1 aliphatic heterocycles. The Morgan fingerprint density at radius 1 is 1.08 bits per heavy atom. The van der Waals surface area contributed by atoms with E-state index in [0.717, 1.165) is 43.7 Å². The summed E-state index contributed by atoms with van der Waals surface area (Å²) in [6, 6.07) is 0.147. The van der Waals surface area contributed by atoms with Crippen LogP contribution in [-0.2, 0) is 6.18 Å². The molecule has 0 radical (unpaired) electrons. The smallest absolute Gasteiger partial charge is 0.360 e. The molecule has 1 saturated heterocycles. The number of hydrogen-bond donors (Lipinski definition) is 3. The van der Waals surface area contributed by atoms with Crippen LogP contribution >= 0.6 is 34.3 Å². The SMILES string of the molecule is C[C@@H](NC(=O)c1cnc(NCCN2CCCC2)s1)c1ncc(C(=O)Nc2cc(C(F)(F)F)c(Cl)cn2)s1. The van der Waals surface area contributed by atoms with Crippen LogP contribution in [0.4, 0.5) is 24.1 Å². The molecule has 0 spiro atoms. The van der Waals surface area contributed by atoms with Crippen molar-refractivity contribution < 1.29 is 22.8 Å². The summed E-state index contributed by atoms with van der Waals surface area (Å²) in [5, 5.41) is 8.91. The zero-order valence-electron chi connectivity index (χ0n) is 19.6. The lowest BCUT2D eigenvalue weighted by Gasteiger charge is -2.14. The third-order valence-corrected chi connectivity index (χ3v) is 7.93. The summed E-state index contributed by atoms with van der Waals surface area (Å²) in [4.78, 5) is 40.3. The van der Waals surface area contributed by atoms with Crippen LogP contribution in [0.5, 0.6) is 0 Å². The zero-order valence-corrected chi connectivity index (χ0v) is 22.0. The summed E-state index contributed by atoms with van der Waals surface area (Å²) >= 11 is 7.81. The monoisotopic (exact) mass is 573 g/mol. The van der Waals surface area contributed by atoms with Crippen molar-refractivity contribution in [3.05, 3.63) is 50.0 Å². The number of rotatable bonds is 9. The maximum Gasteiger partial charge on any atom is 0.418 e. The second kappa shape index (κ2) is 11.7. The number of likely N-dealkylation sites (tertiary alicyclic amines) is 1. The summed E-state index contributed by atoms with van der Waals surface area (Å²) in [6.07, 6.45) is 1.38. The molecule has 3 aromatic rings.